The van der Waals surface area contributed by atoms with Crippen LogP contribution in [0.2, 0.25) is 0 Å². The third-order valence-electron chi connectivity index (χ3n) is 3.30. The van der Waals surface area contributed by atoms with E-state index in [1.807, 2.05) is 6.07 Å². The molecule has 0 amide bonds. The molecule has 7 heteroatoms. The average molecular weight is 316 g/mol. The largest absolute Gasteiger partial charge is 0.328 e. The SMILES string of the molecule is Cl.N#Cc1cccc(CS(=O)(=O)N2CCC(N)CC2)c1. The summed E-state index contributed by atoms with van der Waals surface area (Å²) in [5.41, 5.74) is 6.90. The van der Waals surface area contributed by atoms with Crippen molar-refractivity contribution in [1.82, 2.24) is 4.31 Å². The lowest BCUT2D eigenvalue weighted by molar-refractivity contribution is 0.319. The Morgan fingerprint density at radius 3 is 2.60 bits per heavy atom. The quantitative estimate of drug-likeness (QED) is 0.909. The van der Waals surface area contributed by atoms with Crippen LogP contribution in [0.15, 0.2) is 24.3 Å². The molecule has 1 heterocycles. The van der Waals surface area contributed by atoms with Gasteiger partial charge in [0.25, 0.3) is 0 Å². The van der Waals surface area contributed by atoms with Gasteiger partial charge < -0.3 is 5.73 Å². The maximum Gasteiger partial charge on any atom is 0.218 e. The molecule has 0 spiro atoms. The summed E-state index contributed by atoms with van der Waals surface area (Å²) in [6, 6.07) is 8.83. The van der Waals surface area contributed by atoms with Gasteiger partial charge in [0.2, 0.25) is 10.0 Å². The van der Waals surface area contributed by atoms with Crippen molar-refractivity contribution in [3.05, 3.63) is 35.4 Å². The van der Waals surface area contributed by atoms with Crippen LogP contribution in [0.3, 0.4) is 0 Å². The molecule has 0 aliphatic carbocycles. The molecule has 0 radical (unpaired) electrons. The standard InChI is InChI=1S/C13H17N3O2S.ClH/c14-9-11-2-1-3-12(8-11)10-19(17,18)16-6-4-13(15)5-7-16;/h1-3,8,13H,4-7,10,15H2;1H. The molecule has 2 rings (SSSR count). The van der Waals surface area contributed by atoms with E-state index in [0.717, 1.165) is 0 Å². The monoisotopic (exact) mass is 315 g/mol. The van der Waals surface area contributed by atoms with Gasteiger partial charge in [0.15, 0.2) is 0 Å². The summed E-state index contributed by atoms with van der Waals surface area (Å²) in [5, 5.41) is 8.81. The van der Waals surface area contributed by atoms with Crippen molar-refractivity contribution >= 4 is 22.4 Å². The zero-order valence-electron chi connectivity index (χ0n) is 11.0. The summed E-state index contributed by atoms with van der Waals surface area (Å²) in [5.74, 6) is -0.0578. The van der Waals surface area contributed by atoms with Crippen LogP contribution in [0.4, 0.5) is 0 Å². The molecule has 0 bridgehead atoms. The number of rotatable bonds is 3. The molecule has 110 valence electrons. The van der Waals surface area contributed by atoms with E-state index in [4.69, 9.17) is 11.0 Å². The summed E-state index contributed by atoms with van der Waals surface area (Å²) in [6.45, 7) is 0.975. The van der Waals surface area contributed by atoms with Crippen LogP contribution >= 0.6 is 12.4 Å². The molecular formula is C13H18ClN3O2S. The van der Waals surface area contributed by atoms with Crippen molar-refractivity contribution in [2.75, 3.05) is 13.1 Å². The Morgan fingerprint density at radius 1 is 1.35 bits per heavy atom. The highest BCUT2D eigenvalue weighted by Gasteiger charge is 2.26. The number of hydrogen-bond donors (Lipinski definition) is 1. The summed E-state index contributed by atoms with van der Waals surface area (Å²) >= 11 is 0. The van der Waals surface area contributed by atoms with Gasteiger partial charge in [-0.2, -0.15) is 5.26 Å². The lowest BCUT2D eigenvalue weighted by Crippen LogP contribution is -2.43. The molecular weight excluding hydrogens is 298 g/mol. The number of nitriles is 1. The van der Waals surface area contributed by atoms with Gasteiger partial charge in [-0.3, -0.25) is 0 Å². The van der Waals surface area contributed by atoms with E-state index in [0.29, 0.717) is 37.1 Å². The van der Waals surface area contributed by atoms with Crippen molar-refractivity contribution in [3.63, 3.8) is 0 Å². The Kier molecular flexibility index (Phi) is 5.96. The number of benzene rings is 1. The maximum absolute atomic E-state index is 12.3. The van der Waals surface area contributed by atoms with E-state index in [9.17, 15) is 8.42 Å². The van der Waals surface area contributed by atoms with Crippen LogP contribution in [-0.4, -0.2) is 31.9 Å². The normalized spacial score (nSPS) is 17.2. The van der Waals surface area contributed by atoms with Crippen LogP contribution < -0.4 is 5.73 Å². The first-order valence-electron chi connectivity index (χ1n) is 6.24. The first-order valence-corrected chi connectivity index (χ1v) is 7.84. The fourth-order valence-corrected chi connectivity index (χ4v) is 3.74. The van der Waals surface area contributed by atoms with Gasteiger partial charge in [0.05, 0.1) is 17.4 Å². The minimum atomic E-state index is -3.32. The summed E-state index contributed by atoms with van der Waals surface area (Å²) in [6.07, 6.45) is 1.41. The first-order chi connectivity index (χ1) is 9.01. The predicted molar refractivity (Wildman–Crippen MR) is 79.8 cm³/mol. The van der Waals surface area contributed by atoms with Crippen LogP contribution in [0.5, 0.6) is 0 Å². The zero-order chi connectivity index (χ0) is 13.9. The number of piperidine rings is 1. The van der Waals surface area contributed by atoms with Gasteiger partial charge >= 0.3 is 0 Å². The van der Waals surface area contributed by atoms with Gasteiger partial charge in [-0.1, -0.05) is 12.1 Å². The van der Waals surface area contributed by atoms with Gasteiger partial charge in [0, 0.05) is 19.1 Å². The number of hydrogen-bond acceptors (Lipinski definition) is 4. The molecule has 1 saturated heterocycles. The Labute approximate surface area is 125 Å². The van der Waals surface area contributed by atoms with E-state index in [-0.39, 0.29) is 24.2 Å². The molecule has 0 aromatic heterocycles. The van der Waals surface area contributed by atoms with Crippen LogP contribution in [0.25, 0.3) is 0 Å². The van der Waals surface area contributed by atoms with Gasteiger partial charge in [0.1, 0.15) is 0 Å². The molecule has 2 N–H and O–H groups in total. The number of nitrogens with zero attached hydrogens (tertiary/aromatic N) is 2. The Balaban J connectivity index is 0.00000200. The lowest BCUT2D eigenvalue weighted by atomic mass is 10.1. The minimum Gasteiger partial charge on any atom is -0.328 e. The van der Waals surface area contributed by atoms with Gasteiger partial charge in [-0.05, 0) is 30.5 Å². The molecule has 1 aromatic rings. The van der Waals surface area contributed by atoms with Gasteiger partial charge in [-0.15, -0.1) is 12.4 Å². The highest BCUT2D eigenvalue weighted by Crippen LogP contribution is 2.17. The van der Waals surface area contributed by atoms with Crippen molar-refractivity contribution in [2.45, 2.75) is 24.6 Å². The second-order valence-corrected chi connectivity index (χ2v) is 6.77. The number of halogens is 1. The minimum absolute atomic E-state index is 0. The van der Waals surface area contributed by atoms with Crippen LogP contribution in [0, 0.1) is 11.3 Å². The second-order valence-electron chi connectivity index (χ2n) is 4.80. The smallest absolute Gasteiger partial charge is 0.218 e. The van der Waals surface area contributed by atoms with Crippen LogP contribution in [0.1, 0.15) is 24.0 Å². The Hall–Kier alpha value is -1.13. The Bertz CT molecular complexity index is 590. The summed E-state index contributed by atoms with van der Waals surface area (Å²) < 4.78 is 26.0. The fraction of sp³-hybridized carbons (Fsp3) is 0.462. The topological polar surface area (TPSA) is 87.2 Å². The van der Waals surface area contributed by atoms with Gasteiger partial charge in [-0.25, -0.2) is 12.7 Å². The van der Waals surface area contributed by atoms with E-state index >= 15 is 0 Å². The molecule has 5 nitrogen and oxygen atoms in total. The lowest BCUT2D eigenvalue weighted by Gasteiger charge is -2.29. The van der Waals surface area contributed by atoms with E-state index in [1.165, 1.54) is 4.31 Å². The molecule has 0 saturated carbocycles. The predicted octanol–water partition coefficient (Wildman–Crippen LogP) is 1.23. The molecule has 1 aliphatic heterocycles. The highest BCUT2D eigenvalue weighted by molar-refractivity contribution is 7.88. The van der Waals surface area contributed by atoms with Crippen molar-refractivity contribution < 1.29 is 8.42 Å². The highest BCUT2D eigenvalue weighted by atomic mass is 35.5. The Morgan fingerprint density at radius 2 is 2.00 bits per heavy atom. The summed E-state index contributed by atoms with van der Waals surface area (Å²) in [7, 11) is -3.32. The van der Waals surface area contributed by atoms with E-state index < -0.39 is 10.0 Å². The second kappa shape index (κ2) is 7.04. The molecule has 1 aliphatic rings. The number of sulfonamides is 1. The summed E-state index contributed by atoms with van der Waals surface area (Å²) in [4.78, 5) is 0. The first kappa shape index (κ1) is 16.9. The molecule has 0 atom stereocenters. The molecule has 1 aromatic carbocycles. The van der Waals surface area contributed by atoms with E-state index in [1.54, 1.807) is 24.3 Å². The fourth-order valence-electron chi connectivity index (χ4n) is 2.19. The zero-order valence-corrected chi connectivity index (χ0v) is 12.7. The van der Waals surface area contributed by atoms with Crippen LogP contribution in [-0.2, 0) is 15.8 Å². The number of nitrogens with two attached hydrogens (primary N) is 1. The van der Waals surface area contributed by atoms with Crippen molar-refractivity contribution in [1.29, 1.82) is 5.26 Å². The average Bonchev–Trinajstić information content (AvgIpc) is 2.39. The third kappa shape index (κ3) is 4.18. The maximum atomic E-state index is 12.3. The molecule has 20 heavy (non-hydrogen) atoms. The van der Waals surface area contributed by atoms with Crippen molar-refractivity contribution in [3.8, 4) is 6.07 Å². The van der Waals surface area contributed by atoms with E-state index in [2.05, 4.69) is 0 Å². The molecule has 0 unspecified atom stereocenters. The third-order valence-corrected chi connectivity index (χ3v) is 5.15. The molecule has 1 fully saturated rings. The van der Waals surface area contributed by atoms with Crippen molar-refractivity contribution in [2.24, 2.45) is 5.73 Å².